The van der Waals surface area contributed by atoms with Gasteiger partial charge in [-0.25, -0.2) is 4.98 Å². The highest BCUT2D eigenvalue weighted by atomic mass is 32.2. The van der Waals surface area contributed by atoms with Crippen molar-refractivity contribution < 1.29 is 13.0 Å². The first-order chi connectivity index (χ1) is 6.50. The minimum Gasteiger partial charge on any atom is -0.334 e. The summed E-state index contributed by atoms with van der Waals surface area (Å²) >= 11 is 0. The first-order valence-electron chi connectivity index (χ1n) is 4.48. The van der Waals surface area contributed by atoms with Gasteiger partial charge >= 0.3 is 0 Å². The van der Waals surface area contributed by atoms with Gasteiger partial charge in [0.2, 0.25) is 0 Å². The monoisotopic (exact) mass is 218 g/mol. The lowest BCUT2D eigenvalue weighted by Gasteiger charge is -2.12. The molecule has 1 heterocycles. The second kappa shape index (κ2) is 4.10. The molecule has 1 atom stereocenters. The Bertz CT molecular complexity index is 396. The number of imidazole rings is 1. The van der Waals surface area contributed by atoms with Crippen molar-refractivity contribution in [2.75, 3.05) is 0 Å². The topological polar surface area (TPSA) is 72.2 Å². The van der Waals surface area contributed by atoms with Crippen LogP contribution in [0.25, 0.3) is 0 Å². The van der Waals surface area contributed by atoms with Gasteiger partial charge in [-0.15, -0.1) is 0 Å². The molecule has 1 aromatic rings. The number of rotatable bonds is 4. The molecule has 0 radical (unpaired) electrons. The first kappa shape index (κ1) is 11.2. The lowest BCUT2D eigenvalue weighted by Crippen LogP contribution is -2.16. The standard InChI is InChI=1S/C8H14N2O3S/c1-3-7(14(11,12)13)8-9-5-6-10(8)4-2/h5-7H,3-4H2,1-2H3,(H,11,12,13). The minimum atomic E-state index is -4.05. The fourth-order valence-electron chi connectivity index (χ4n) is 1.40. The molecule has 0 amide bonds. The average molecular weight is 218 g/mol. The molecule has 14 heavy (non-hydrogen) atoms. The van der Waals surface area contributed by atoms with Crippen LogP contribution < -0.4 is 0 Å². The smallest absolute Gasteiger partial charge is 0.275 e. The third-order valence-corrected chi connectivity index (χ3v) is 3.37. The predicted octanol–water partition coefficient (Wildman–Crippen LogP) is 1.24. The summed E-state index contributed by atoms with van der Waals surface area (Å²) in [5.74, 6) is 0.400. The van der Waals surface area contributed by atoms with Gasteiger partial charge in [0.05, 0.1) is 0 Å². The zero-order valence-corrected chi connectivity index (χ0v) is 9.03. The van der Waals surface area contributed by atoms with Gasteiger partial charge in [-0.2, -0.15) is 8.42 Å². The van der Waals surface area contributed by atoms with Crippen LogP contribution in [-0.4, -0.2) is 22.5 Å². The Labute approximate surface area is 83.5 Å². The van der Waals surface area contributed by atoms with E-state index in [2.05, 4.69) is 4.98 Å². The van der Waals surface area contributed by atoms with Crippen LogP contribution in [0.5, 0.6) is 0 Å². The van der Waals surface area contributed by atoms with E-state index in [0.29, 0.717) is 18.8 Å². The third kappa shape index (κ3) is 2.13. The highest BCUT2D eigenvalue weighted by Gasteiger charge is 2.26. The van der Waals surface area contributed by atoms with Gasteiger partial charge in [-0.05, 0) is 13.3 Å². The number of nitrogens with zero attached hydrogens (tertiary/aromatic N) is 2. The van der Waals surface area contributed by atoms with Gasteiger partial charge < -0.3 is 4.57 Å². The molecule has 1 N–H and O–H groups in total. The Hall–Kier alpha value is -0.880. The lowest BCUT2D eigenvalue weighted by atomic mass is 10.3. The third-order valence-electron chi connectivity index (χ3n) is 2.11. The van der Waals surface area contributed by atoms with Crippen molar-refractivity contribution in [3.8, 4) is 0 Å². The van der Waals surface area contributed by atoms with Crippen molar-refractivity contribution in [1.29, 1.82) is 0 Å². The fraction of sp³-hybridized carbons (Fsp3) is 0.625. The maximum atomic E-state index is 11.0. The Morgan fingerprint density at radius 1 is 1.57 bits per heavy atom. The zero-order chi connectivity index (χ0) is 10.8. The Morgan fingerprint density at radius 2 is 2.21 bits per heavy atom. The summed E-state index contributed by atoms with van der Waals surface area (Å²) in [5.41, 5.74) is 0. The summed E-state index contributed by atoms with van der Waals surface area (Å²) in [5, 5.41) is -0.919. The highest BCUT2D eigenvalue weighted by molar-refractivity contribution is 7.86. The summed E-state index contributed by atoms with van der Waals surface area (Å²) in [7, 11) is -4.05. The van der Waals surface area contributed by atoms with Crippen LogP contribution in [-0.2, 0) is 16.7 Å². The summed E-state index contributed by atoms with van der Waals surface area (Å²) < 4.78 is 32.8. The fourth-order valence-corrected chi connectivity index (χ4v) is 2.29. The SMILES string of the molecule is CCC(c1nccn1CC)S(=O)(=O)O. The molecular formula is C8H14N2O3S. The van der Waals surface area contributed by atoms with Crippen molar-refractivity contribution >= 4 is 10.1 Å². The van der Waals surface area contributed by atoms with E-state index >= 15 is 0 Å². The summed E-state index contributed by atoms with van der Waals surface area (Å²) in [4.78, 5) is 3.95. The van der Waals surface area contributed by atoms with E-state index in [0.717, 1.165) is 0 Å². The average Bonchev–Trinajstić information content (AvgIpc) is 2.51. The second-order valence-corrected chi connectivity index (χ2v) is 4.58. The van der Waals surface area contributed by atoms with Gasteiger partial charge in [0, 0.05) is 18.9 Å². The van der Waals surface area contributed by atoms with Gasteiger partial charge in [0.1, 0.15) is 11.1 Å². The minimum absolute atomic E-state index is 0.315. The van der Waals surface area contributed by atoms with Crippen LogP contribution in [0, 0.1) is 0 Å². The number of hydrogen-bond donors (Lipinski definition) is 1. The van der Waals surface area contributed by atoms with E-state index in [4.69, 9.17) is 4.55 Å². The van der Waals surface area contributed by atoms with E-state index in [1.54, 1.807) is 17.7 Å². The first-order valence-corrected chi connectivity index (χ1v) is 5.98. The van der Waals surface area contributed by atoms with Crippen molar-refractivity contribution in [3.05, 3.63) is 18.2 Å². The van der Waals surface area contributed by atoms with Crippen LogP contribution in [0.1, 0.15) is 31.3 Å². The molecule has 0 saturated carbocycles. The molecule has 5 nitrogen and oxygen atoms in total. The molecule has 80 valence electrons. The normalized spacial score (nSPS) is 14.2. The summed E-state index contributed by atoms with van der Waals surface area (Å²) in [6.45, 7) is 4.23. The van der Waals surface area contributed by atoms with Crippen LogP contribution in [0.3, 0.4) is 0 Å². The zero-order valence-electron chi connectivity index (χ0n) is 8.21. The van der Waals surface area contributed by atoms with Crippen LogP contribution >= 0.6 is 0 Å². The van der Waals surface area contributed by atoms with Crippen molar-refractivity contribution in [1.82, 2.24) is 9.55 Å². The van der Waals surface area contributed by atoms with Gasteiger partial charge in [0.15, 0.2) is 0 Å². The molecule has 1 aromatic heterocycles. The molecule has 0 aromatic carbocycles. The molecule has 0 aliphatic rings. The van der Waals surface area contributed by atoms with Gasteiger partial charge in [-0.1, -0.05) is 6.92 Å². The Morgan fingerprint density at radius 3 is 2.64 bits per heavy atom. The molecule has 0 fully saturated rings. The number of aromatic nitrogens is 2. The molecule has 0 aliphatic heterocycles. The van der Waals surface area contributed by atoms with E-state index in [1.807, 2.05) is 6.92 Å². The van der Waals surface area contributed by atoms with E-state index in [1.165, 1.54) is 6.20 Å². The maximum Gasteiger partial charge on any atom is 0.275 e. The number of aryl methyl sites for hydroxylation is 1. The number of hydrogen-bond acceptors (Lipinski definition) is 3. The lowest BCUT2D eigenvalue weighted by molar-refractivity contribution is 0.460. The molecule has 1 unspecified atom stereocenters. The van der Waals surface area contributed by atoms with E-state index < -0.39 is 15.4 Å². The molecule has 1 rings (SSSR count). The second-order valence-electron chi connectivity index (χ2n) is 2.98. The van der Waals surface area contributed by atoms with Crippen LogP contribution in [0.4, 0.5) is 0 Å². The van der Waals surface area contributed by atoms with E-state index in [-0.39, 0.29) is 0 Å². The highest BCUT2D eigenvalue weighted by Crippen LogP contribution is 2.23. The summed E-state index contributed by atoms with van der Waals surface area (Å²) in [6.07, 6.45) is 3.55. The van der Waals surface area contributed by atoms with Crippen molar-refractivity contribution in [3.63, 3.8) is 0 Å². The van der Waals surface area contributed by atoms with Crippen LogP contribution in [0.15, 0.2) is 12.4 Å². The Kier molecular flexibility index (Phi) is 3.28. The molecule has 0 bridgehead atoms. The van der Waals surface area contributed by atoms with Crippen molar-refractivity contribution in [2.24, 2.45) is 0 Å². The van der Waals surface area contributed by atoms with Gasteiger partial charge in [-0.3, -0.25) is 4.55 Å². The molecule has 0 aliphatic carbocycles. The molecular weight excluding hydrogens is 204 g/mol. The molecule has 0 spiro atoms. The van der Waals surface area contributed by atoms with Crippen LogP contribution in [0.2, 0.25) is 0 Å². The molecule has 6 heteroatoms. The van der Waals surface area contributed by atoms with E-state index in [9.17, 15) is 8.42 Å². The Balaban J connectivity index is 3.13. The molecule has 0 saturated heterocycles. The maximum absolute atomic E-state index is 11.0. The summed E-state index contributed by atoms with van der Waals surface area (Å²) in [6, 6.07) is 0. The van der Waals surface area contributed by atoms with Crippen molar-refractivity contribution in [2.45, 2.75) is 32.1 Å². The largest absolute Gasteiger partial charge is 0.334 e. The quantitative estimate of drug-likeness (QED) is 0.772. The van der Waals surface area contributed by atoms with Gasteiger partial charge in [0.25, 0.3) is 10.1 Å². The predicted molar refractivity (Wildman–Crippen MR) is 52.5 cm³/mol.